The minimum atomic E-state index is -1.16. The van der Waals surface area contributed by atoms with Crippen LogP contribution in [0.25, 0.3) is 11.0 Å². The van der Waals surface area contributed by atoms with Crippen LogP contribution in [0.3, 0.4) is 0 Å². The minimum absolute atomic E-state index is 0.0447. The number of phenols is 2. The van der Waals surface area contributed by atoms with Crippen LogP contribution in [-0.4, -0.2) is 49.8 Å². The van der Waals surface area contributed by atoms with Crippen molar-refractivity contribution in [2.75, 3.05) is 13.2 Å². The number of nitrogens with zero attached hydrogens (tertiary/aromatic N) is 2. The number of rotatable bonds is 11. The van der Waals surface area contributed by atoms with Gasteiger partial charge in [0, 0.05) is 35.3 Å². The highest BCUT2D eigenvalue weighted by Gasteiger charge is 2.19. The molecule has 186 valence electrons. The molecule has 4 rings (SSSR count). The zero-order valence-corrected chi connectivity index (χ0v) is 19.7. The zero-order chi connectivity index (χ0) is 25.7. The largest absolute Gasteiger partial charge is 0.508 e. The first-order valence-corrected chi connectivity index (χ1v) is 11.5. The molecule has 2 heterocycles. The molecule has 2 aromatic heterocycles. The number of benzene rings is 2. The summed E-state index contributed by atoms with van der Waals surface area (Å²) in [5, 5.41) is 29.1. The van der Waals surface area contributed by atoms with Gasteiger partial charge in [-0.1, -0.05) is 19.4 Å². The molecule has 36 heavy (non-hydrogen) atoms. The number of aliphatic carboxylic acids is 1. The van der Waals surface area contributed by atoms with Crippen LogP contribution in [0.1, 0.15) is 41.3 Å². The van der Waals surface area contributed by atoms with E-state index in [2.05, 4.69) is 11.9 Å². The molecule has 0 spiro atoms. The number of aromatic nitrogens is 2. The van der Waals surface area contributed by atoms with Crippen molar-refractivity contribution < 1.29 is 34.4 Å². The molecule has 0 saturated heterocycles. The smallest absolute Gasteiger partial charge is 0.341 e. The highest BCUT2D eigenvalue weighted by Crippen LogP contribution is 2.30. The fraction of sp³-hybridized carbons (Fsp3) is 0.222. The van der Waals surface area contributed by atoms with Crippen molar-refractivity contribution in [1.29, 1.82) is 0 Å². The lowest BCUT2D eigenvalue weighted by molar-refractivity contribution is -0.139. The molecule has 0 aliphatic rings. The molecule has 0 aliphatic carbocycles. The quantitative estimate of drug-likeness (QED) is 0.209. The summed E-state index contributed by atoms with van der Waals surface area (Å²) in [4.78, 5) is 28.8. The second-order valence-electron chi connectivity index (χ2n) is 8.25. The first kappa shape index (κ1) is 24.6. The summed E-state index contributed by atoms with van der Waals surface area (Å²) in [6.45, 7) is 2.28. The third-order valence-electron chi connectivity index (χ3n) is 5.55. The maximum absolute atomic E-state index is 13.3. The highest BCUT2D eigenvalue weighted by atomic mass is 16.5. The Bertz CT molecular complexity index is 1390. The van der Waals surface area contributed by atoms with Gasteiger partial charge in [-0.05, 0) is 54.4 Å². The van der Waals surface area contributed by atoms with Gasteiger partial charge in [0.1, 0.15) is 11.4 Å². The number of carboxylic acids is 1. The summed E-state index contributed by atoms with van der Waals surface area (Å²) in [5.41, 5.74) is 2.09. The van der Waals surface area contributed by atoms with Crippen molar-refractivity contribution in [2.24, 2.45) is 0 Å². The average Bonchev–Trinajstić information content (AvgIpc) is 3.22. The number of aromatic hydroxyl groups is 2. The average molecular weight is 491 g/mol. The van der Waals surface area contributed by atoms with Gasteiger partial charge in [-0.15, -0.1) is 0 Å². The van der Waals surface area contributed by atoms with E-state index in [4.69, 9.17) is 14.6 Å². The van der Waals surface area contributed by atoms with Crippen LogP contribution in [0.2, 0.25) is 0 Å². The van der Waals surface area contributed by atoms with Gasteiger partial charge in [0.25, 0.3) is 0 Å². The van der Waals surface area contributed by atoms with E-state index in [9.17, 15) is 19.8 Å². The lowest BCUT2D eigenvalue weighted by Crippen LogP contribution is -2.10. The molecular formula is C27H26N2O7. The van der Waals surface area contributed by atoms with Crippen LogP contribution in [0.4, 0.5) is 0 Å². The maximum atomic E-state index is 13.3. The molecule has 9 heteroatoms. The summed E-state index contributed by atoms with van der Waals surface area (Å²) in [6.07, 6.45) is 3.57. The van der Waals surface area contributed by atoms with E-state index < -0.39 is 12.6 Å². The molecular weight excluding hydrogens is 464 g/mol. The SMILES string of the molecule is CCCCOc1ccc2c(C(=O)c3ccc(O)cc3)cn(Cc3ccc(O)c(OCC(=O)O)c3)c2n1. The number of ketones is 1. The van der Waals surface area contributed by atoms with Gasteiger partial charge in [-0.25, -0.2) is 4.79 Å². The predicted octanol–water partition coefficient (Wildman–Crippen LogP) is 4.37. The van der Waals surface area contributed by atoms with Crippen LogP contribution >= 0.6 is 0 Å². The van der Waals surface area contributed by atoms with Crippen molar-refractivity contribution >= 4 is 22.8 Å². The van der Waals surface area contributed by atoms with Gasteiger partial charge >= 0.3 is 5.97 Å². The normalized spacial score (nSPS) is 10.9. The van der Waals surface area contributed by atoms with Crippen molar-refractivity contribution in [2.45, 2.75) is 26.3 Å². The summed E-state index contributed by atoms with van der Waals surface area (Å²) in [6, 6.07) is 14.2. The molecule has 4 aromatic rings. The second kappa shape index (κ2) is 10.8. The molecule has 0 aliphatic heterocycles. The Morgan fingerprint density at radius 2 is 1.78 bits per heavy atom. The number of phenolic OH excluding ortho intramolecular Hbond substituents is 2. The first-order valence-electron chi connectivity index (χ1n) is 11.5. The number of pyridine rings is 1. The molecule has 0 atom stereocenters. The lowest BCUT2D eigenvalue weighted by Gasteiger charge is -2.10. The number of ether oxygens (including phenoxy) is 2. The van der Waals surface area contributed by atoms with Gasteiger partial charge < -0.3 is 29.4 Å². The van der Waals surface area contributed by atoms with E-state index in [1.165, 1.54) is 18.2 Å². The van der Waals surface area contributed by atoms with Gasteiger partial charge in [-0.2, -0.15) is 4.98 Å². The Hall–Kier alpha value is -4.53. The topological polar surface area (TPSA) is 131 Å². The monoisotopic (exact) mass is 490 g/mol. The van der Waals surface area contributed by atoms with Gasteiger partial charge in [-0.3, -0.25) is 4.79 Å². The maximum Gasteiger partial charge on any atom is 0.341 e. The van der Waals surface area contributed by atoms with E-state index in [0.717, 1.165) is 12.8 Å². The van der Waals surface area contributed by atoms with Crippen molar-refractivity contribution in [3.05, 3.63) is 77.5 Å². The number of carbonyl (C=O) groups is 2. The molecule has 0 fully saturated rings. The molecule has 0 unspecified atom stereocenters. The molecule has 2 aromatic carbocycles. The molecule has 0 radical (unpaired) electrons. The summed E-state index contributed by atoms with van der Waals surface area (Å²) < 4.78 is 12.7. The zero-order valence-electron chi connectivity index (χ0n) is 19.7. The molecule has 0 saturated carbocycles. The van der Waals surface area contributed by atoms with E-state index in [1.54, 1.807) is 47.2 Å². The molecule has 9 nitrogen and oxygen atoms in total. The Morgan fingerprint density at radius 3 is 2.50 bits per heavy atom. The van der Waals surface area contributed by atoms with E-state index >= 15 is 0 Å². The Morgan fingerprint density at radius 1 is 1.00 bits per heavy atom. The number of carbonyl (C=O) groups excluding carboxylic acids is 1. The summed E-state index contributed by atoms with van der Waals surface area (Å²) >= 11 is 0. The Kier molecular flexibility index (Phi) is 7.39. The molecule has 3 N–H and O–H groups in total. The van der Waals surface area contributed by atoms with Crippen molar-refractivity contribution in [3.8, 4) is 23.1 Å². The number of hydrogen-bond acceptors (Lipinski definition) is 7. The number of hydrogen-bond donors (Lipinski definition) is 3. The summed E-state index contributed by atoms with van der Waals surface area (Å²) in [5.74, 6) is -1.01. The molecule has 0 amide bonds. The van der Waals surface area contributed by atoms with Gasteiger partial charge in [0.05, 0.1) is 6.61 Å². The fourth-order valence-corrected chi connectivity index (χ4v) is 3.73. The van der Waals surface area contributed by atoms with Crippen molar-refractivity contribution in [3.63, 3.8) is 0 Å². The van der Waals surface area contributed by atoms with Crippen LogP contribution in [0, 0.1) is 0 Å². The number of fused-ring (bicyclic) bond motifs is 1. The third-order valence-corrected chi connectivity index (χ3v) is 5.55. The van der Waals surface area contributed by atoms with E-state index in [-0.39, 0.29) is 29.6 Å². The van der Waals surface area contributed by atoms with Crippen LogP contribution in [0.5, 0.6) is 23.1 Å². The number of unbranched alkanes of at least 4 members (excludes halogenated alkanes) is 1. The Balaban J connectivity index is 1.73. The predicted molar refractivity (Wildman–Crippen MR) is 132 cm³/mol. The van der Waals surface area contributed by atoms with Crippen molar-refractivity contribution in [1.82, 2.24) is 9.55 Å². The lowest BCUT2D eigenvalue weighted by atomic mass is 10.0. The van der Waals surface area contributed by atoms with Crippen LogP contribution in [0.15, 0.2) is 60.8 Å². The third kappa shape index (κ3) is 5.57. The van der Waals surface area contributed by atoms with Gasteiger partial charge in [0.2, 0.25) is 5.88 Å². The minimum Gasteiger partial charge on any atom is -0.508 e. The van der Waals surface area contributed by atoms with Crippen LogP contribution in [-0.2, 0) is 11.3 Å². The first-order chi connectivity index (χ1) is 17.4. The highest BCUT2D eigenvalue weighted by molar-refractivity contribution is 6.16. The summed E-state index contributed by atoms with van der Waals surface area (Å²) in [7, 11) is 0. The standard InChI is InChI=1S/C27H26N2O7/c1-2-3-12-35-24-11-9-20-21(26(34)18-5-7-19(30)8-6-18)15-29(27(20)28-24)14-17-4-10-22(31)23(13-17)36-16-25(32)33/h4-11,13,15,30-31H,2-3,12,14,16H2,1H3,(H,32,33). The number of carboxylic acid groups (broad SMARTS) is 1. The second-order valence-corrected chi connectivity index (χ2v) is 8.25. The van der Waals surface area contributed by atoms with E-state index in [0.29, 0.717) is 40.2 Å². The Labute approximate surface area is 207 Å². The van der Waals surface area contributed by atoms with Gasteiger partial charge in [0.15, 0.2) is 23.9 Å². The molecule has 0 bridgehead atoms. The fourth-order valence-electron chi connectivity index (χ4n) is 3.73. The van der Waals surface area contributed by atoms with E-state index in [1.807, 2.05) is 0 Å². The van der Waals surface area contributed by atoms with Crippen LogP contribution < -0.4 is 9.47 Å².